The molecule has 1 fully saturated rings. The Kier molecular flexibility index (Phi) is 7.77. The van der Waals surface area contributed by atoms with Crippen LogP contribution in [0.3, 0.4) is 0 Å². The highest BCUT2D eigenvalue weighted by atomic mass is 16.6. The van der Waals surface area contributed by atoms with Crippen molar-refractivity contribution < 1.29 is 24.0 Å². The van der Waals surface area contributed by atoms with Crippen LogP contribution in [0.25, 0.3) is 0 Å². The Bertz CT molecular complexity index is 979. The van der Waals surface area contributed by atoms with Gasteiger partial charge in [0.15, 0.2) is 6.61 Å². The van der Waals surface area contributed by atoms with Crippen LogP contribution in [0.5, 0.6) is 0 Å². The largest absolute Gasteiger partial charge is 0.452 e. The summed E-state index contributed by atoms with van der Waals surface area (Å²) < 4.78 is 10.4. The lowest BCUT2D eigenvalue weighted by Gasteiger charge is -2.28. The molecule has 0 aliphatic carbocycles. The summed E-state index contributed by atoms with van der Waals surface area (Å²) in [5.74, 6) is -1.26. The van der Waals surface area contributed by atoms with Crippen LogP contribution in [-0.2, 0) is 27.1 Å². The standard InChI is InChI=1S/C23H27N3O6/c1-3-16-6-5-7-17(4-2)22(16)24-21(27)15-32-23(28)18-8-9-19(20(14-18)26(29)30)25-10-12-31-13-11-25/h5-9,14H,3-4,10-13,15H2,1-2H3,(H,24,27). The molecule has 32 heavy (non-hydrogen) atoms. The minimum absolute atomic E-state index is 0.0183. The van der Waals surface area contributed by atoms with Crippen LogP contribution < -0.4 is 10.2 Å². The fourth-order valence-electron chi connectivity index (χ4n) is 3.66. The predicted octanol–water partition coefficient (Wildman–Crippen LogP) is 3.35. The van der Waals surface area contributed by atoms with E-state index >= 15 is 0 Å². The first-order chi connectivity index (χ1) is 15.4. The van der Waals surface area contributed by atoms with Gasteiger partial charge in [-0.1, -0.05) is 32.0 Å². The number of anilines is 2. The number of benzene rings is 2. The lowest BCUT2D eigenvalue weighted by Crippen LogP contribution is -2.36. The van der Waals surface area contributed by atoms with Gasteiger partial charge in [-0.25, -0.2) is 4.79 Å². The van der Waals surface area contributed by atoms with Gasteiger partial charge in [-0.2, -0.15) is 0 Å². The predicted molar refractivity (Wildman–Crippen MR) is 120 cm³/mol. The number of aryl methyl sites for hydroxylation is 2. The van der Waals surface area contributed by atoms with Crippen LogP contribution in [-0.4, -0.2) is 49.7 Å². The van der Waals surface area contributed by atoms with E-state index in [0.717, 1.165) is 29.7 Å². The van der Waals surface area contributed by atoms with Gasteiger partial charge in [0, 0.05) is 24.8 Å². The van der Waals surface area contributed by atoms with Gasteiger partial charge < -0.3 is 19.7 Å². The third-order valence-corrected chi connectivity index (χ3v) is 5.36. The Morgan fingerprint density at radius 1 is 1.12 bits per heavy atom. The number of nitrogens with one attached hydrogen (secondary N) is 1. The molecular formula is C23H27N3O6. The second-order valence-electron chi connectivity index (χ2n) is 7.34. The number of rotatable bonds is 8. The van der Waals surface area contributed by atoms with E-state index in [0.29, 0.717) is 32.0 Å². The van der Waals surface area contributed by atoms with Crippen molar-refractivity contribution in [1.29, 1.82) is 0 Å². The number of carbonyl (C=O) groups is 2. The molecule has 9 heteroatoms. The first-order valence-corrected chi connectivity index (χ1v) is 10.6. The Morgan fingerprint density at radius 3 is 2.38 bits per heavy atom. The van der Waals surface area contributed by atoms with Crippen molar-refractivity contribution in [3.05, 3.63) is 63.2 Å². The lowest BCUT2D eigenvalue weighted by atomic mass is 10.0. The summed E-state index contributed by atoms with van der Waals surface area (Å²) in [5.41, 5.74) is 3.00. The number of ether oxygens (including phenoxy) is 2. The number of hydrogen-bond donors (Lipinski definition) is 1. The van der Waals surface area contributed by atoms with Gasteiger partial charge in [0.2, 0.25) is 0 Å². The summed E-state index contributed by atoms with van der Waals surface area (Å²) in [6.07, 6.45) is 1.50. The summed E-state index contributed by atoms with van der Waals surface area (Å²) in [4.78, 5) is 37.7. The van der Waals surface area contributed by atoms with Gasteiger partial charge in [0.1, 0.15) is 5.69 Å². The van der Waals surface area contributed by atoms with Crippen molar-refractivity contribution in [3.8, 4) is 0 Å². The smallest absolute Gasteiger partial charge is 0.338 e. The number of nitro benzene ring substituents is 1. The van der Waals surface area contributed by atoms with E-state index in [1.807, 2.05) is 36.9 Å². The maximum Gasteiger partial charge on any atom is 0.338 e. The highest BCUT2D eigenvalue weighted by Gasteiger charge is 2.24. The summed E-state index contributed by atoms with van der Waals surface area (Å²) in [6.45, 7) is 5.54. The van der Waals surface area contributed by atoms with Crippen LogP contribution in [0.2, 0.25) is 0 Å². The normalized spacial score (nSPS) is 13.5. The van der Waals surface area contributed by atoms with E-state index in [1.54, 1.807) is 0 Å². The summed E-state index contributed by atoms with van der Waals surface area (Å²) in [6, 6.07) is 10.0. The van der Waals surface area contributed by atoms with Crippen LogP contribution in [0.15, 0.2) is 36.4 Å². The minimum Gasteiger partial charge on any atom is -0.452 e. The maximum atomic E-state index is 12.5. The first-order valence-electron chi connectivity index (χ1n) is 10.6. The first kappa shape index (κ1) is 23.2. The molecule has 1 heterocycles. The number of nitrogens with zero attached hydrogens (tertiary/aromatic N) is 2. The maximum absolute atomic E-state index is 12.5. The molecule has 0 unspecified atom stereocenters. The molecule has 9 nitrogen and oxygen atoms in total. The van der Waals surface area contributed by atoms with Gasteiger partial charge >= 0.3 is 5.97 Å². The van der Waals surface area contributed by atoms with Crippen molar-refractivity contribution in [1.82, 2.24) is 0 Å². The molecule has 1 amide bonds. The number of para-hydroxylation sites is 1. The molecule has 0 atom stereocenters. The number of carbonyl (C=O) groups excluding carboxylic acids is 2. The van der Waals surface area contributed by atoms with Gasteiger partial charge in [-0.3, -0.25) is 14.9 Å². The zero-order valence-corrected chi connectivity index (χ0v) is 18.3. The minimum atomic E-state index is -0.795. The number of morpholine rings is 1. The molecule has 0 aromatic heterocycles. The third kappa shape index (κ3) is 5.42. The fourth-order valence-corrected chi connectivity index (χ4v) is 3.66. The summed E-state index contributed by atoms with van der Waals surface area (Å²) in [7, 11) is 0. The zero-order chi connectivity index (χ0) is 23.1. The molecule has 1 aliphatic rings. The molecule has 3 rings (SSSR count). The van der Waals surface area contributed by atoms with Gasteiger partial charge in [-0.05, 0) is 36.1 Å². The molecular weight excluding hydrogens is 414 g/mol. The molecule has 170 valence electrons. The SMILES string of the molecule is CCc1cccc(CC)c1NC(=O)COC(=O)c1ccc(N2CCOCC2)c([N+](=O)[O-])c1. The van der Waals surface area contributed by atoms with E-state index in [2.05, 4.69) is 5.32 Å². The topological polar surface area (TPSA) is 111 Å². The summed E-state index contributed by atoms with van der Waals surface area (Å²) in [5, 5.41) is 14.4. The second-order valence-corrected chi connectivity index (χ2v) is 7.34. The van der Waals surface area contributed by atoms with Crippen molar-refractivity contribution in [2.24, 2.45) is 0 Å². The van der Waals surface area contributed by atoms with Crippen LogP contribution in [0.1, 0.15) is 35.3 Å². The molecule has 1 saturated heterocycles. The lowest BCUT2D eigenvalue weighted by molar-refractivity contribution is -0.384. The Balaban J connectivity index is 1.68. The highest BCUT2D eigenvalue weighted by molar-refractivity contribution is 5.97. The second kappa shape index (κ2) is 10.7. The van der Waals surface area contributed by atoms with E-state index in [9.17, 15) is 19.7 Å². The molecule has 0 bridgehead atoms. The van der Waals surface area contributed by atoms with Gasteiger partial charge in [0.05, 0.1) is 23.7 Å². The molecule has 1 aliphatic heterocycles. The average Bonchev–Trinajstić information content (AvgIpc) is 2.82. The number of esters is 1. The van der Waals surface area contributed by atoms with Crippen molar-refractivity contribution >= 4 is 28.9 Å². The monoisotopic (exact) mass is 441 g/mol. The fraction of sp³-hybridized carbons (Fsp3) is 0.391. The van der Waals surface area contributed by atoms with E-state index in [1.165, 1.54) is 18.2 Å². The van der Waals surface area contributed by atoms with Crippen molar-refractivity contribution in [3.63, 3.8) is 0 Å². The molecule has 0 saturated carbocycles. The Hall–Kier alpha value is -3.46. The molecule has 1 N–H and O–H groups in total. The zero-order valence-electron chi connectivity index (χ0n) is 18.3. The van der Waals surface area contributed by atoms with Crippen molar-refractivity contribution in [2.75, 3.05) is 43.1 Å². The third-order valence-electron chi connectivity index (χ3n) is 5.36. The van der Waals surface area contributed by atoms with Crippen LogP contribution >= 0.6 is 0 Å². The van der Waals surface area contributed by atoms with Crippen LogP contribution in [0, 0.1) is 10.1 Å². The summed E-state index contributed by atoms with van der Waals surface area (Å²) >= 11 is 0. The average molecular weight is 441 g/mol. The van der Waals surface area contributed by atoms with E-state index in [-0.39, 0.29) is 11.3 Å². The number of nitro groups is 1. The molecule has 2 aromatic rings. The van der Waals surface area contributed by atoms with E-state index < -0.39 is 23.4 Å². The Morgan fingerprint density at radius 2 is 1.78 bits per heavy atom. The quantitative estimate of drug-likeness (QED) is 0.380. The van der Waals surface area contributed by atoms with Gasteiger partial charge in [-0.15, -0.1) is 0 Å². The van der Waals surface area contributed by atoms with Gasteiger partial charge in [0.25, 0.3) is 11.6 Å². The molecule has 0 radical (unpaired) electrons. The highest BCUT2D eigenvalue weighted by Crippen LogP contribution is 2.30. The number of amides is 1. The van der Waals surface area contributed by atoms with Crippen LogP contribution in [0.4, 0.5) is 17.1 Å². The van der Waals surface area contributed by atoms with Crippen molar-refractivity contribution in [2.45, 2.75) is 26.7 Å². The Labute approximate surface area is 186 Å². The molecule has 0 spiro atoms. The number of hydrogen-bond acceptors (Lipinski definition) is 7. The van der Waals surface area contributed by atoms with E-state index in [4.69, 9.17) is 9.47 Å². The molecule has 2 aromatic carbocycles.